The minimum absolute atomic E-state index is 0.0638. The summed E-state index contributed by atoms with van der Waals surface area (Å²) < 4.78 is 39.3. The number of carboxylic acids is 1. The van der Waals surface area contributed by atoms with Gasteiger partial charge in [-0.3, -0.25) is 14.9 Å². The highest BCUT2D eigenvalue weighted by Gasteiger charge is 2.41. The molecule has 0 aromatic rings. The number of carbonyl (C=O) groups excluding carboxylic acids is 1. The van der Waals surface area contributed by atoms with Gasteiger partial charge in [0.15, 0.2) is 0 Å². The van der Waals surface area contributed by atoms with E-state index in [0.717, 1.165) is 0 Å². The van der Waals surface area contributed by atoms with Crippen LogP contribution in [0.5, 0.6) is 0 Å². The Morgan fingerprint density at radius 3 is 2.46 bits per heavy atom. The number of nitrogens with one attached hydrogen (secondary N) is 1. The fraction of sp³-hybridized carbons (Fsp3) is 0.750. The summed E-state index contributed by atoms with van der Waals surface area (Å²) in [6.45, 7) is 4.22. The Hall–Kier alpha value is -1.57. The van der Waals surface area contributed by atoms with E-state index in [1.807, 2.05) is 0 Å². The SMILES string of the molecule is CC(C)[C@H](N[C@H](CCCCCN1CC=CC1=O)C(F)(F)F)C(=O)O. The molecule has 0 radical (unpaired) electrons. The fourth-order valence-corrected chi connectivity index (χ4v) is 2.61. The average Bonchev–Trinajstić information content (AvgIpc) is 2.85. The molecule has 2 atom stereocenters. The molecular formula is C16H25F3N2O3. The van der Waals surface area contributed by atoms with Crippen molar-refractivity contribution < 1.29 is 27.9 Å². The maximum atomic E-state index is 13.1. The van der Waals surface area contributed by atoms with Gasteiger partial charge in [0.1, 0.15) is 12.1 Å². The van der Waals surface area contributed by atoms with E-state index >= 15 is 0 Å². The summed E-state index contributed by atoms with van der Waals surface area (Å²) in [5.74, 6) is -1.79. The quantitative estimate of drug-likeness (QED) is 0.594. The van der Waals surface area contributed by atoms with Crippen LogP contribution in [0.4, 0.5) is 13.2 Å². The molecule has 2 N–H and O–H groups in total. The Bertz CT molecular complexity index is 464. The molecule has 8 heteroatoms. The number of hydrogen-bond donors (Lipinski definition) is 2. The topological polar surface area (TPSA) is 69.6 Å². The molecule has 0 saturated heterocycles. The molecule has 0 aromatic heterocycles. The van der Waals surface area contributed by atoms with Crippen LogP contribution in [-0.2, 0) is 9.59 Å². The van der Waals surface area contributed by atoms with Gasteiger partial charge in [0.25, 0.3) is 0 Å². The van der Waals surface area contributed by atoms with Crippen LogP contribution in [0.15, 0.2) is 12.2 Å². The number of halogens is 3. The second kappa shape index (κ2) is 9.05. The van der Waals surface area contributed by atoms with Crippen molar-refractivity contribution in [1.82, 2.24) is 10.2 Å². The molecular weight excluding hydrogens is 325 g/mol. The van der Waals surface area contributed by atoms with Crippen LogP contribution in [0, 0.1) is 5.92 Å². The number of aliphatic carboxylic acids is 1. The number of amides is 1. The average molecular weight is 350 g/mol. The first-order valence-electron chi connectivity index (χ1n) is 8.14. The van der Waals surface area contributed by atoms with Crippen LogP contribution in [0.2, 0.25) is 0 Å². The van der Waals surface area contributed by atoms with E-state index in [1.54, 1.807) is 24.8 Å². The summed E-state index contributed by atoms with van der Waals surface area (Å²) in [4.78, 5) is 24.1. The Morgan fingerprint density at radius 1 is 1.33 bits per heavy atom. The van der Waals surface area contributed by atoms with Crippen LogP contribution in [0.1, 0.15) is 39.5 Å². The molecule has 1 aliphatic rings. The third-order valence-corrected chi connectivity index (χ3v) is 4.03. The summed E-state index contributed by atoms with van der Waals surface area (Å²) in [6.07, 6.45) is 0.0775. The Labute approximate surface area is 139 Å². The van der Waals surface area contributed by atoms with E-state index in [9.17, 15) is 22.8 Å². The lowest BCUT2D eigenvalue weighted by Crippen LogP contribution is -2.52. The van der Waals surface area contributed by atoms with Crippen molar-refractivity contribution in [2.45, 2.75) is 57.8 Å². The van der Waals surface area contributed by atoms with E-state index in [4.69, 9.17) is 5.11 Å². The minimum Gasteiger partial charge on any atom is -0.480 e. The van der Waals surface area contributed by atoms with Crippen molar-refractivity contribution in [3.8, 4) is 0 Å². The van der Waals surface area contributed by atoms with Gasteiger partial charge in [-0.15, -0.1) is 0 Å². The molecule has 138 valence electrons. The highest BCUT2D eigenvalue weighted by Crippen LogP contribution is 2.25. The Morgan fingerprint density at radius 2 is 2.00 bits per heavy atom. The highest BCUT2D eigenvalue weighted by molar-refractivity contribution is 5.89. The first-order valence-corrected chi connectivity index (χ1v) is 8.14. The van der Waals surface area contributed by atoms with Gasteiger partial charge in [-0.2, -0.15) is 13.2 Å². The van der Waals surface area contributed by atoms with Crippen LogP contribution in [-0.4, -0.2) is 53.2 Å². The smallest absolute Gasteiger partial charge is 0.403 e. The molecule has 1 rings (SSSR count). The van der Waals surface area contributed by atoms with Crippen molar-refractivity contribution in [3.05, 3.63) is 12.2 Å². The summed E-state index contributed by atoms with van der Waals surface area (Å²) >= 11 is 0. The summed E-state index contributed by atoms with van der Waals surface area (Å²) in [7, 11) is 0. The van der Waals surface area contributed by atoms with Gasteiger partial charge in [-0.05, 0) is 18.8 Å². The Balaban J connectivity index is 2.40. The van der Waals surface area contributed by atoms with Crippen molar-refractivity contribution in [1.29, 1.82) is 0 Å². The van der Waals surface area contributed by atoms with Crippen LogP contribution < -0.4 is 5.32 Å². The number of carboxylic acid groups (broad SMARTS) is 1. The molecule has 0 bridgehead atoms. The first kappa shape index (κ1) is 20.5. The maximum Gasteiger partial charge on any atom is 0.403 e. The maximum absolute atomic E-state index is 13.1. The van der Waals surface area contributed by atoms with Crippen molar-refractivity contribution in [3.63, 3.8) is 0 Å². The Kier molecular flexibility index (Phi) is 7.72. The molecule has 1 aliphatic heterocycles. The third-order valence-electron chi connectivity index (χ3n) is 4.03. The molecule has 5 nitrogen and oxygen atoms in total. The van der Waals surface area contributed by atoms with Crippen molar-refractivity contribution in [2.75, 3.05) is 13.1 Å². The van der Waals surface area contributed by atoms with Gasteiger partial charge in [0.2, 0.25) is 5.91 Å². The lowest BCUT2D eigenvalue weighted by molar-refractivity contribution is -0.164. The lowest BCUT2D eigenvalue weighted by atomic mass is 10.0. The standard InChI is InChI=1S/C16H25F3N2O3/c1-11(2)14(15(23)24)20-12(16(17,18)19)7-4-3-5-9-21-10-6-8-13(21)22/h6,8,11-12,14,20H,3-5,7,9-10H2,1-2H3,(H,23,24)/t12-,14+/m1/s1. The van der Waals surface area contributed by atoms with Gasteiger partial charge >= 0.3 is 12.1 Å². The van der Waals surface area contributed by atoms with Crippen molar-refractivity contribution >= 4 is 11.9 Å². The molecule has 0 unspecified atom stereocenters. The predicted octanol–water partition coefficient (Wildman–Crippen LogP) is 2.57. The zero-order valence-corrected chi connectivity index (χ0v) is 14.0. The molecule has 0 aliphatic carbocycles. The number of nitrogens with zero attached hydrogens (tertiary/aromatic N) is 1. The zero-order valence-electron chi connectivity index (χ0n) is 14.0. The van der Waals surface area contributed by atoms with Gasteiger partial charge in [0, 0.05) is 19.2 Å². The molecule has 0 fully saturated rings. The number of alkyl halides is 3. The monoisotopic (exact) mass is 350 g/mol. The summed E-state index contributed by atoms with van der Waals surface area (Å²) in [6, 6.07) is -3.07. The zero-order chi connectivity index (χ0) is 18.3. The molecule has 0 aromatic carbocycles. The largest absolute Gasteiger partial charge is 0.480 e. The molecule has 0 saturated carbocycles. The highest BCUT2D eigenvalue weighted by atomic mass is 19.4. The van der Waals surface area contributed by atoms with Gasteiger partial charge in [0.05, 0.1) is 0 Å². The summed E-state index contributed by atoms with van der Waals surface area (Å²) in [5, 5.41) is 11.3. The van der Waals surface area contributed by atoms with Crippen molar-refractivity contribution in [2.24, 2.45) is 5.92 Å². The third kappa shape index (κ3) is 6.51. The molecule has 0 spiro atoms. The van der Waals surface area contributed by atoms with Gasteiger partial charge in [-0.1, -0.05) is 32.8 Å². The molecule has 1 heterocycles. The second-order valence-electron chi connectivity index (χ2n) is 6.36. The molecule has 24 heavy (non-hydrogen) atoms. The van der Waals surface area contributed by atoms with Crippen LogP contribution in [0.3, 0.4) is 0 Å². The summed E-state index contributed by atoms with van der Waals surface area (Å²) in [5.41, 5.74) is 0. The van der Waals surface area contributed by atoms with E-state index < -0.39 is 30.1 Å². The second-order valence-corrected chi connectivity index (χ2v) is 6.36. The predicted molar refractivity (Wildman–Crippen MR) is 83.4 cm³/mol. The lowest BCUT2D eigenvalue weighted by Gasteiger charge is -2.27. The number of hydrogen-bond acceptors (Lipinski definition) is 3. The van der Waals surface area contributed by atoms with Crippen LogP contribution in [0.25, 0.3) is 0 Å². The normalized spacial score (nSPS) is 17.6. The number of rotatable bonds is 10. The van der Waals surface area contributed by atoms with Gasteiger partial charge < -0.3 is 10.0 Å². The number of carbonyl (C=O) groups is 2. The van der Waals surface area contributed by atoms with Gasteiger partial charge in [-0.25, -0.2) is 0 Å². The fourth-order valence-electron chi connectivity index (χ4n) is 2.61. The van der Waals surface area contributed by atoms with E-state index in [2.05, 4.69) is 5.32 Å². The molecule has 1 amide bonds. The van der Waals surface area contributed by atoms with E-state index in [1.165, 1.54) is 6.08 Å². The van der Waals surface area contributed by atoms with Crippen LogP contribution >= 0.6 is 0 Å². The number of unbranched alkanes of at least 4 members (excludes halogenated alkanes) is 2. The first-order chi connectivity index (χ1) is 11.1. The van der Waals surface area contributed by atoms with E-state index in [-0.39, 0.29) is 12.3 Å². The van der Waals surface area contributed by atoms with E-state index in [0.29, 0.717) is 32.4 Å². The minimum atomic E-state index is -4.49.